The van der Waals surface area contributed by atoms with Crippen LogP contribution in [0.25, 0.3) is 6.08 Å². The molecule has 0 bridgehead atoms. The summed E-state index contributed by atoms with van der Waals surface area (Å²) in [5.41, 5.74) is 1.12. The van der Waals surface area contributed by atoms with Gasteiger partial charge < -0.3 is 9.47 Å². The van der Waals surface area contributed by atoms with Crippen molar-refractivity contribution >= 4 is 6.08 Å². The molecule has 0 heterocycles. The van der Waals surface area contributed by atoms with Crippen LogP contribution >= 0.6 is 0 Å². The van der Waals surface area contributed by atoms with Crippen molar-refractivity contribution in [1.29, 1.82) is 0 Å². The van der Waals surface area contributed by atoms with Crippen LogP contribution in [0, 0.1) is 0 Å². The zero-order valence-electron chi connectivity index (χ0n) is 12.2. The predicted octanol–water partition coefficient (Wildman–Crippen LogP) is 5.04. The largest absolute Gasteiger partial charge is 0.504 e. The molecule has 0 aromatic heterocycles. The quantitative estimate of drug-likeness (QED) is 0.434. The Kier molecular flexibility index (Phi) is 8.61. The summed E-state index contributed by atoms with van der Waals surface area (Å²) in [6.45, 7) is 3.06. The van der Waals surface area contributed by atoms with Gasteiger partial charge in [-0.2, -0.15) is 0 Å². The Hall–Kier alpha value is -1.44. The molecule has 19 heavy (non-hydrogen) atoms. The Morgan fingerprint density at radius 3 is 2.32 bits per heavy atom. The molecule has 0 aliphatic rings. The Bertz CT molecular complexity index is 341. The van der Waals surface area contributed by atoms with Gasteiger partial charge in [-0.3, -0.25) is 0 Å². The summed E-state index contributed by atoms with van der Waals surface area (Å²) in [4.78, 5) is 0. The molecule has 0 saturated heterocycles. The van der Waals surface area contributed by atoms with Crippen molar-refractivity contribution in [2.45, 2.75) is 45.4 Å². The first-order chi connectivity index (χ1) is 9.36. The van der Waals surface area contributed by atoms with Gasteiger partial charge in [-0.15, -0.1) is 0 Å². The number of hydrogen-bond acceptors (Lipinski definition) is 2. The molecule has 1 aromatic rings. The second-order valence-electron chi connectivity index (χ2n) is 4.72. The molecular weight excluding hydrogens is 236 g/mol. The summed E-state index contributed by atoms with van der Waals surface area (Å²) < 4.78 is 10.6. The molecule has 0 fully saturated rings. The Labute approximate surface area is 117 Å². The molecule has 0 radical (unpaired) electrons. The smallest absolute Gasteiger partial charge is 0.119 e. The van der Waals surface area contributed by atoms with Crippen molar-refractivity contribution in [1.82, 2.24) is 0 Å². The van der Waals surface area contributed by atoms with E-state index in [1.54, 1.807) is 13.4 Å². The number of ether oxygens (including phenoxy) is 2. The molecule has 106 valence electrons. The summed E-state index contributed by atoms with van der Waals surface area (Å²) >= 11 is 0. The van der Waals surface area contributed by atoms with Crippen LogP contribution in [-0.2, 0) is 4.74 Å². The minimum atomic E-state index is 0.819. The van der Waals surface area contributed by atoms with E-state index >= 15 is 0 Å². The van der Waals surface area contributed by atoms with Crippen LogP contribution in [0.5, 0.6) is 5.75 Å². The van der Waals surface area contributed by atoms with Crippen molar-refractivity contribution in [3.63, 3.8) is 0 Å². The minimum Gasteiger partial charge on any atom is -0.504 e. The molecule has 0 N–H and O–H groups in total. The fourth-order valence-electron chi connectivity index (χ4n) is 1.89. The van der Waals surface area contributed by atoms with Gasteiger partial charge in [0.15, 0.2) is 0 Å². The van der Waals surface area contributed by atoms with Gasteiger partial charge in [0.1, 0.15) is 5.75 Å². The average Bonchev–Trinajstić information content (AvgIpc) is 2.45. The van der Waals surface area contributed by atoms with Gasteiger partial charge in [-0.25, -0.2) is 0 Å². The highest BCUT2D eigenvalue weighted by atomic mass is 16.5. The zero-order valence-corrected chi connectivity index (χ0v) is 12.2. The van der Waals surface area contributed by atoms with Crippen molar-refractivity contribution in [3.05, 3.63) is 36.1 Å². The molecule has 0 saturated carbocycles. The van der Waals surface area contributed by atoms with E-state index in [0.29, 0.717) is 0 Å². The van der Waals surface area contributed by atoms with Gasteiger partial charge in [0.05, 0.1) is 20.0 Å². The second-order valence-corrected chi connectivity index (χ2v) is 4.72. The summed E-state index contributed by atoms with van der Waals surface area (Å²) in [7, 11) is 1.65. The van der Waals surface area contributed by atoms with Gasteiger partial charge in [-0.1, -0.05) is 51.2 Å². The van der Waals surface area contributed by atoms with Crippen molar-refractivity contribution in [2.24, 2.45) is 0 Å². The summed E-state index contributed by atoms with van der Waals surface area (Å²) in [6, 6.07) is 8.08. The Morgan fingerprint density at radius 1 is 0.947 bits per heavy atom. The highest BCUT2D eigenvalue weighted by Gasteiger charge is 1.94. The van der Waals surface area contributed by atoms with Crippen molar-refractivity contribution in [2.75, 3.05) is 13.7 Å². The normalized spacial score (nSPS) is 10.8. The molecule has 0 unspecified atom stereocenters. The van der Waals surface area contributed by atoms with Crippen molar-refractivity contribution in [3.8, 4) is 5.75 Å². The molecule has 2 heteroatoms. The maximum absolute atomic E-state index is 5.72. The lowest BCUT2D eigenvalue weighted by Crippen LogP contribution is -1.97. The second kappa shape index (κ2) is 10.5. The van der Waals surface area contributed by atoms with E-state index in [9.17, 15) is 0 Å². The molecule has 0 amide bonds. The van der Waals surface area contributed by atoms with Gasteiger partial charge in [0.2, 0.25) is 0 Å². The highest BCUT2D eigenvalue weighted by molar-refractivity contribution is 5.49. The van der Waals surface area contributed by atoms with Crippen LogP contribution in [0.2, 0.25) is 0 Å². The summed E-state index contributed by atoms with van der Waals surface area (Å²) in [5.74, 6) is 0.947. The molecule has 2 nitrogen and oxygen atoms in total. The van der Waals surface area contributed by atoms with E-state index in [1.165, 1.54) is 32.1 Å². The first-order valence-electron chi connectivity index (χ1n) is 7.29. The van der Waals surface area contributed by atoms with E-state index < -0.39 is 0 Å². The van der Waals surface area contributed by atoms with E-state index in [2.05, 4.69) is 6.92 Å². The molecule has 1 rings (SSSR count). The molecule has 1 aromatic carbocycles. The monoisotopic (exact) mass is 262 g/mol. The third-order valence-electron chi connectivity index (χ3n) is 3.04. The number of unbranched alkanes of at least 4 members (excludes halogenated alkanes) is 5. The number of methoxy groups -OCH3 is 1. The van der Waals surface area contributed by atoms with Gasteiger partial charge in [-0.05, 0) is 30.2 Å². The fraction of sp³-hybridized carbons (Fsp3) is 0.529. The lowest BCUT2D eigenvalue weighted by molar-refractivity contribution is 0.304. The maximum atomic E-state index is 5.72. The summed E-state index contributed by atoms with van der Waals surface area (Å²) in [5, 5.41) is 0. The average molecular weight is 262 g/mol. The molecule has 0 spiro atoms. The predicted molar refractivity (Wildman–Crippen MR) is 81.4 cm³/mol. The lowest BCUT2D eigenvalue weighted by Gasteiger charge is -2.06. The van der Waals surface area contributed by atoms with Crippen LogP contribution in [0.4, 0.5) is 0 Å². The van der Waals surface area contributed by atoms with Crippen LogP contribution in [0.3, 0.4) is 0 Å². The SMILES string of the molecule is CCCCCCCCOc1ccc(C=COC)cc1. The minimum absolute atomic E-state index is 0.819. The standard InChI is InChI=1S/C17H26O2/c1-3-4-5-6-7-8-14-19-17-11-9-16(10-12-17)13-15-18-2/h9-13,15H,3-8,14H2,1-2H3. The Morgan fingerprint density at radius 2 is 1.63 bits per heavy atom. The number of benzene rings is 1. The first kappa shape index (κ1) is 15.6. The van der Waals surface area contributed by atoms with E-state index in [4.69, 9.17) is 9.47 Å². The third kappa shape index (κ3) is 7.55. The zero-order chi connectivity index (χ0) is 13.8. The highest BCUT2D eigenvalue weighted by Crippen LogP contribution is 2.14. The fourth-order valence-corrected chi connectivity index (χ4v) is 1.89. The lowest BCUT2D eigenvalue weighted by atomic mass is 10.1. The van der Waals surface area contributed by atoms with Crippen LogP contribution in [-0.4, -0.2) is 13.7 Å². The maximum Gasteiger partial charge on any atom is 0.119 e. The molecule has 0 atom stereocenters. The van der Waals surface area contributed by atoms with Crippen LogP contribution < -0.4 is 4.74 Å². The summed E-state index contributed by atoms with van der Waals surface area (Å²) in [6.07, 6.45) is 11.4. The Balaban J connectivity index is 2.14. The first-order valence-corrected chi connectivity index (χ1v) is 7.29. The van der Waals surface area contributed by atoms with Crippen LogP contribution in [0.1, 0.15) is 51.0 Å². The van der Waals surface area contributed by atoms with Gasteiger partial charge in [0.25, 0.3) is 0 Å². The number of rotatable bonds is 10. The topological polar surface area (TPSA) is 18.5 Å². The molecule has 0 aliphatic carbocycles. The van der Waals surface area contributed by atoms with E-state index in [1.807, 2.05) is 30.3 Å². The van der Waals surface area contributed by atoms with E-state index in [-0.39, 0.29) is 0 Å². The molecular formula is C17H26O2. The number of hydrogen-bond donors (Lipinski definition) is 0. The van der Waals surface area contributed by atoms with Crippen LogP contribution in [0.15, 0.2) is 30.5 Å². The van der Waals surface area contributed by atoms with Gasteiger partial charge >= 0.3 is 0 Å². The van der Waals surface area contributed by atoms with Crippen molar-refractivity contribution < 1.29 is 9.47 Å². The molecule has 0 aliphatic heterocycles. The van der Waals surface area contributed by atoms with Gasteiger partial charge in [0, 0.05) is 0 Å². The van der Waals surface area contributed by atoms with E-state index in [0.717, 1.165) is 24.3 Å². The third-order valence-corrected chi connectivity index (χ3v) is 3.04.